The molecule has 0 spiro atoms. The maximum Gasteiger partial charge on any atom is 0.339 e. The number of methoxy groups -OCH3 is 2. The molecule has 0 saturated heterocycles. The maximum atomic E-state index is 11.9. The minimum absolute atomic E-state index is 0.00301. The molecule has 0 aromatic heterocycles. The first-order valence-corrected chi connectivity index (χ1v) is 7.20. The molecule has 1 aromatic rings. The van der Waals surface area contributed by atoms with Crippen molar-refractivity contribution in [2.75, 3.05) is 26.1 Å². The van der Waals surface area contributed by atoms with Crippen molar-refractivity contribution in [2.24, 2.45) is 0 Å². The fourth-order valence-corrected chi connectivity index (χ4v) is 2.68. The largest absolute Gasteiger partial charge is 0.465 e. The lowest BCUT2D eigenvalue weighted by atomic mass is 9.84. The molecule has 0 bridgehead atoms. The van der Waals surface area contributed by atoms with E-state index in [1.165, 1.54) is 7.11 Å². The molecule has 3 atom stereocenters. The second-order valence-electron chi connectivity index (χ2n) is 5.22. The molecular weight excluding hydrogens is 270 g/mol. The highest BCUT2D eigenvalue weighted by Crippen LogP contribution is 2.31. The number of anilines is 1. The fraction of sp³-hybridized carbons (Fsp3) is 0.562. The number of esters is 1. The highest BCUT2D eigenvalue weighted by atomic mass is 16.5. The maximum absolute atomic E-state index is 11.9. The second-order valence-corrected chi connectivity index (χ2v) is 5.22. The van der Waals surface area contributed by atoms with Gasteiger partial charge in [-0.2, -0.15) is 0 Å². The Bertz CT molecular complexity index is 503. The van der Waals surface area contributed by atoms with E-state index < -0.39 is 0 Å². The number of aryl methyl sites for hydroxylation is 1. The Morgan fingerprint density at radius 3 is 2.76 bits per heavy atom. The van der Waals surface area contributed by atoms with E-state index in [2.05, 4.69) is 5.32 Å². The van der Waals surface area contributed by atoms with Crippen LogP contribution in [-0.4, -0.2) is 45.0 Å². The number of carbonyl (C=O) groups excluding carboxylic acids is 1. The molecule has 21 heavy (non-hydrogen) atoms. The summed E-state index contributed by atoms with van der Waals surface area (Å²) in [6, 6.07) is 5.84. The summed E-state index contributed by atoms with van der Waals surface area (Å²) in [7, 11) is 3.07. The summed E-state index contributed by atoms with van der Waals surface area (Å²) in [5, 5.41) is 3.37. The van der Waals surface area contributed by atoms with E-state index >= 15 is 0 Å². The molecule has 1 N–H and O–H groups in total. The predicted molar refractivity (Wildman–Crippen MR) is 80.8 cm³/mol. The minimum Gasteiger partial charge on any atom is -0.465 e. The van der Waals surface area contributed by atoms with Crippen molar-refractivity contribution in [1.29, 1.82) is 0 Å². The molecule has 1 fully saturated rings. The lowest BCUT2D eigenvalue weighted by molar-refractivity contribution is -0.118. The molecule has 5 heteroatoms. The molecule has 0 aliphatic heterocycles. The van der Waals surface area contributed by atoms with Crippen molar-refractivity contribution in [2.45, 2.75) is 38.5 Å². The van der Waals surface area contributed by atoms with Crippen LogP contribution in [0.4, 0.5) is 5.69 Å². The van der Waals surface area contributed by atoms with Crippen molar-refractivity contribution >= 4 is 11.7 Å². The quantitative estimate of drug-likeness (QED) is 0.816. The molecule has 5 nitrogen and oxygen atoms in total. The first kappa shape index (κ1) is 15.8. The van der Waals surface area contributed by atoms with Crippen LogP contribution in [0.5, 0.6) is 0 Å². The van der Waals surface area contributed by atoms with E-state index in [0.29, 0.717) is 12.2 Å². The van der Waals surface area contributed by atoms with Gasteiger partial charge < -0.3 is 19.5 Å². The van der Waals surface area contributed by atoms with Gasteiger partial charge >= 0.3 is 5.97 Å². The van der Waals surface area contributed by atoms with Gasteiger partial charge in [-0.15, -0.1) is 0 Å². The van der Waals surface area contributed by atoms with Gasteiger partial charge in [-0.1, -0.05) is 11.6 Å². The van der Waals surface area contributed by atoms with E-state index in [4.69, 9.17) is 14.2 Å². The average molecular weight is 293 g/mol. The second kappa shape index (κ2) is 6.91. The third kappa shape index (κ3) is 3.36. The van der Waals surface area contributed by atoms with Gasteiger partial charge in [-0.25, -0.2) is 4.79 Å². The van der Waals surface area contributed by atoms with E-state index in [9.17, 15) is 4.79 Å². The molecule has 1 aliphatic rings. The smallest absolute Gasteiger partial charge is 0.339 e. The standard InChI is InChI=1S/C16H23NO4/c1-5-21-14-9-13(15(14)19-3)17-12-7-6-10(2)8-11(12)16(18)20-4/h6-8,13-15,17H,5,9H2,1-4H3. The highest BCUT2D eigenvalue weighted by molar-refractivity contribution is 5.95. The Morgan fingerprint density at radius 1 is 1.38 bits per heavy atom. The van der Waals surface area contributed by atoms with Crippen LogP contribution in [0, 0.1) is 6.92 Å². The van der Waals surface area contributed by atoms with Gasteiger partial charge in [0.25, 0.3) is 0 Å². The highest BCUT2D eigenvalue weighted by Gasteiger charge is 2.42. The van der Waals surface area contributed by atoms with E-state index in [1.807, 2.05) is 32.0 Å². The fourth-order valence-electron chi connectivity index (χ4n) is 2.68. The van der Waals surface area contributed by atoms with E-state index in [0.717, 1.165) is 17.7 Å². The molecule has 0 radical (unpaired) electrons. The Kier molecular flexibility index (Phi) is 5.20. The Balaban J connectivity index is 2.11. The molecule has 1 aromatic carbocycles. The zero-order valence-electron chi connectivity index (χ0n) is 13.0. The molecular formula is C16H23NO4. The zero-order valence-corrected chi connectivity index (χ0v) is 13.0. The lowest BCUT2D eigenvalue weighted by Gasteiger charge is -2.44. The van der Waals surface area contributed by atoms with Crippen molar-refractivity contribution < 1.29 is 19.0 Å². The lowest BCUT2D eigenvalue weighted by Crippen LogP contribution is -2.57. The summed E-state index contributed by atoms with van der Waals surface area (Å²) >= 11 is 0. The first-order valence-electron chi connectivity index (χ1n) is 7.20. The van der Waals surface area contributed by atoms with Crippen LogP contribution in [0.3, 0.4) is 0 Å². The molecule has 3 unspecified atom stereocenters. The third-order valence-electron chi connectivity index (χ3n) is 3.82. The van der Waals surface area contributed by atoms with Gasteiger partial charge in [0.05, 0.1) is 24.8 Å². The number of benzene rings is 1. The Labute approximate surface area is 125 Å². The van der Waals surface area contributed by atoms with Gasteiger partial charge in [0, 0.05) is 19.4 Å². The molecule has 0 heterocycles. The van der Waals surface area contributed by atoms with Crippen LogP contribution in [0.2, 0.25) is 0 Å². The van der Waals surface area contributed by atoms with Crippen LogP contribution >= 0.6 is 0 Å². The van der Waals surface area contributed by atoms with Crippen molar-refractivity contribution in [1.82, 2.24) is 0 Å². The van der Waals surface area contributed by atoms with Gasteiger partial charge in [0.2, 0.25) is 0 Å². The Morgan fingerprint density at radius 2 is 2.14 bits per heavy atom. The van der Waals surface area contributed by atoms with Gasteiger partial charge in [0.1, 0.15) is 6.10 Å². The number of hydrogen-bond donors (Lipinski definition) is 1. The summed E-state index contributed by atoms with van der Waals surface area (Å²) in [5.41, 5.74) is 2.34. The molecule has 2 rings (SSSR count). The third-order valence-corrected chi connectivity index (χ3v) is 3.82. The minimum atomic E-state index is -0.337. The summed E-state index contributed by atoms with van der Waals surface area (Å²) in [6.45, 7) is 4.60. The summed E-state index contributed by atoms with van der Waals surface area (Å²) in [5.74, 6) is -0.337. The van der Waals surface area contributed by atoms with Crippen LogP contribution in [-0.2, 0) is 14.2 Å². The van der Waals surface area contributed by atoms with Crippen LogP contribution in [0.1, 0.15) is 29.3 Å². The molecule has 116 valence electrons. The monoisotopic (exact) mass is 293 g/mol. The predicted octanol–water partition coefficient (Wildman–Crippen LogP) is 2.39. The molecule has 1 saturated carbocycles. The average Bonchev–Trinajstić information content (AvgIpc) is 2.47. The van der Waals surface area contributed by atoms with Gasteiger partial charge in [-0.3, -0.25) is 0 Å². The van der Waals surface area contributed by atoms with Crippen molar-refractivity contribution in [3.8, 4) is 0 Å². The van der Waals surface area contributed by atoms with Crippen molar-refractivity contribution in [3.63, 3.8) is 0 Å². The van der Waals surface area contributed by atoms with Crippen LogP contribution in [0.25, 0.3) is 0 Å². The number of ether oxygens (including phenoxy) is 3. The SMILES string of the molecule is CCOC1CC(Nc2ccc(C)cc2C(=O)OC)C1OC. The van der Waals surface area contributed by atoms with Crippen LogP contribution < -0.4 is 5.32 Å². The summed E-state index contributed by atoms with van der Waals surface area (Å²) in [6.07, 6.45) is 0.974. The van der Waals surface area contributed by atoms with Crippen LogP contribution in [0.15, 0.2) is 18.2 Å². The number of nitrogens with one attached hydrogen (secondary N) is 1. The molecule has 0 amide bonds. The number of carbonyl (C=O) groups is 1. The number of hydrogen-bond acceptors (Lipinski definition) is 5. The van der Waals surface area contributed by atoms with E-state index in [-0.39, 0.29) is 24.2 Å². The topological polar surface area (TPSA) is 56.8 Å². The van der Waals surface area contributed by atoms with E-state index in [1.54, 1.807) is 7.11 Å². The summed E-state index contributed by atoms with van der Waals surface area (Å²) < 4.78 is 15.9. The summed E-state index contributed by atoms with van der Waals surface area (Å²) in [4.78, 5) is 11.9. The normalized spacial score (nSPS) is 24.3. The Hall–Kier alpha value is -1.59. The molecule has 1 aliphatic carbocycles. The zero-order chi connectivity index (χ0) is 15.4. The van der Waals surface area contributed by atoms with Crippen molar-refractivity contribution in [3.05, 3.63) is 29.3 Å². The van der Waals surface area contributed by atoms with Gasteiger partial charge in [0.15, 0.2) is 0 Å². The van der Waals surface area contributed by atoms with Gasteiger partial charge in [-0.05, 0) is 32.4 Å². The number of rotatable bonds is 6. The first-order chi connectivity index (χ1) is 10.1.